The number of carbonyl (C=O) groups is 1. The first-order valence-electron chi connectivity index (χ1n) is 13.6. The molecule has 1 aliphatic heterocycles. The number of benzene rings is 2. The fourth-order valence-electron chi connectivity index (χ4n) is 4.99. The molecule has 0 bridgehead atoms. The number of nitrogens with one attached hydrogen (secondary N) is 2. The van der Waals surface area contributed by atoms with E-state index in [4.69, 9.17) is 4.74 Å². The van der Waals surface area contributed by atoms with E-state index in [1.807, 2.05) is 38.4 Å². The van der Waals surface area contributed by atoms with Crippen LogP contribution >= 0.6 is 0 Å². The fraction of sp³-hybridized carbons (Fsp3) is 0.483. The van der Waals surface area contributed by atoms with E-state index < -0.39 is 11.6 Å². The molecule has 2 aromatic carbocycles. The van der Waals surface area contributed by atoms with E-state index in [1.54, 1.807) is 29.9 Å². The number of piperidine rings is 1. The summed E-state index contributed by atoms with van der Waals surface area (Å²) in [5, 5.41) is 6.09. The van der Waals surface area contributed by atoms with E-state index in [0.29, 0.717) is 28.8 Å². The van der Waals surface area contributed by atoms with Gasteiger partial charge in [-0.1, -0.05) is 18.6 Å². The molecular formula is C29H40N6O4. The van der Waals surface area contributed by atoms with E-state index in [1.165, 1.54) is 23.8 Å². The van der Waals surface area contributed by atoms with Crippen molar-refractivity contribution in [2.75, 3.05) is 58.1 Å². The number of rotatable bonds is 10. The van der Waals surface area contributed by atoms with Crippen LogP contribution in [0.2, 0.25) is 0 Å². The summed E-state index contributed by atoms with van der Waals surface area (Å²) >= 11 is 0. The third-order valence-corrected chi connectivity index (χ3v) is 7.49. The second-order valence-corrected chi connectivity index (χ2v) is 10.4. The number of hydrogen-bond acceptors (Lipinski definition) is 6. The summed E-state index contributed by atoms with van der Waals surface area (Å²) in [7, 11) is 5.56. The van der Waals surface area contributed by atoms with Crippen LogP contribution in [0.5, 0.6) is 0 Å². The third kappa shape index (κ3) is 6.95. The molecule has 1 aromatic heterocycles. The topological polar surface area (TPSA) is 101 Å². The first kappa shape index (κ1) is 28.5. The largest absolute Gasteiger partial charge is 0.383 e. The van der Waals surface area contributed by atoms with Crippen molar-refractivity contribution in [3.8, 4) is 0 Å². The number of aromatic nitrogens is 2. The van der Waals surface area contributed by atoms with Crippen LogP contribution in [0.1, 0.15) is 37.8 Å². The lowest BCUT2D eigenvalue weighted by Crippen LogP contribution is -2.43. The maximum atomic E-state index is 13.3. The Labute approximate surface area is 229 Å². The number of fused-ring (bicyclic) bond motifs is 1. The van der Waals surface area contributed by atoms with Gasteiger partial charge in [0.1, 0.15) is 0 Å². The van der Waals surface area contributed by atoms with Gasteiger partial charge in [0, 0.05) is 37.6 Å². The predicted octanol–water partition coefficient (Wildman–Crippen LogP) is 3.56. The van der Waals surface area contributed by atoms with Gasteiger partial charge in [-0.05, 0) is 82.8 Å². The summed E-state index contributed by atoms with van der Waals surface area (Å²) in [5.74, 6) is 0. The van der Waals surface area contributed by atoms with E-state index in [-0.39, 0.29) is 24.9 Å². The monoisotopic (exact) mass is 536 g/mol. The Kier molecular flexibility index (Phi) is 9.55. The summed E-state index contributed by atoms with van der Waals surface area (Å²) in [5.41, 5.74) is 2.06. The molecule has 1 atom stereocenters. The van der Waals surface area contributed by atoms with Crippen molar-refractivity contribution in [2.45, 2.75) is 45.3 Å². The number of nitrogens with zero attached hydrogens (tertiary/aromatic N) is 4. The molecule has 39 heavy (non-hydrogen) atoms. The minimum Gasteiger partial charge on any atom is -0.383 e. The zero-order valence-electron chi connectivity index (χ0n) is 23.4. The van der Waals surface area contributed by atoms with Gasteiger partial charge in [-0.25, -0.2) is 9.59 Å². The molecule has 10 nitrogen and oxygen atoms in total. The lowest BCUT2D eigenvalue weighted by atomic mass is 10.1. The molecular weight excluding hydrogens is 496 g/mol. The van der Waals surface area contributed by atoms with Crippen LogP contribution in [0.25, 0.3) is 10.9 Å². The van der Waals surface area contributed by atoms with Crippen LogP contribution < -0.4 is 21.9 Å². The first-order chi connectivity index (χ1) is 18.8. The maximum absolute atomic E-state index is 13.3. The maximum Gasteiger partial charge on any atom is 0.331 e. The summed E-state index contributed by atoms with van der Waals surface area (Å²) < 4.78 is 8.04. The van der Waals surface area contributed by atoms with Gasteiger partial charge in [0.2, 0.25) is 0 Å². The second kappa shape index (κ2) is 13.1. The average Bonchev–Trinajstić information content (AvgIpc) is 2.93. The molecule has 2 heterocycles. The molecule has 0 aliphatic carbocycles. The molecule has 1 saturated heterocycles. The number of carbonyl (C=O) groups excluding carboxylic acids is 1. The van der Waals surface area contributed by atoms with Gasteiger partial charge in [-0.3, -0.25) is 13.9 Å². The predicted molar refractivity (Wildman–Crippen MR) is 156 cm³/mol. The second-order valence-electron chi connectivity index (χ2n) is 10.4. The highest BCUT2D eigenvalue weighted by molar-refractivity contribution is 6.01. The number of hydrogen-bond donors (Lipinski definition) is 2. The van der Waals surface area contributed by atoms with Gasteiger partial charge in [-0.15, -0.1) is 0 Å². The van der Waals surface area contributed by atoms with Gasteiger partial charge < -0.3 is 25.2 Å². The van der Waals surface area contributed by atoms with Crippen molar-refractivity contribution < 1.29 is 9.53 Å². The standard InChI is InChI=1S/C29H40N6O4/c1-21(32(2)3)22-9-8-10-23(19-22)30-28(37)31-24-11-12-26-25(20-24)27(36)35(17-18-39-4)29(38)34(26)16-15-33-13-6-5-7-14-33/h8-12,19-21H,5-7,13-18H2,1-4H3,(H2,30,31,37). The van der Waals surface area contributed by atoms with E-state index in [0.717, 1.165) is 25.2 Å². The number of likely N-dealkylation sites (tertiary alicyclic amines) is 1. The lowest BCUT2D eigenvalue weighted by Gasteiger charge is -2.27. The van der Waals surface area contributed by atoms with Crippen molar-refractivity contribution in [3.05, 3.63) is 68.9 Å². The van der Waals surface area contributed by atoms with Crippen LogP contribution in [0, 0.1) is 0 Å². The highest BCUT2D eigenvalue weighted by Crippen LogP contribution is 2.21. The number of methoxy groups -OCH3 is 1. The van der Waals surface area contributed by atoms with Crippen molar-refractivity contribution in [2.24, 2.45) is 0 Å². The van der Waals surface area contributed by atoms with Crippen LogP contribution in [0.4, 0.5) is 16.2 Å². The van der Waals surface area contributed by atoms with Crippen LogP contribution in [0.15, 0.2) is 52.1 Å². The molecule has 1 aliphatic rings. The highest BCUT2D eigenvalue weighted by atomic mass is 16.5. The van der Waals surface area contributed by atoms with Crippen molar-refractivity contribution in [1.82, 2.24) is 18.9 Å². The minimum absolute atomic E-state index is 0.160. The molecule has 0 spiro atoms. The van der Waals surface area contributed by atoms with Gasteiger partial charge in [0.05, 0.1) is 24.1 Å². The molecule has 2 N–H and O–H groups in total. The Bertz CT molecular complexity index is 1410. The Hall–Kier alpha value is -3.47. The molecule has 0 saturated carbocycles. The van der Waals surface area contributed by atoms with E-state index in [2.05, 4.69) is 27.4 Å². The minimum atomic E-state index is -0.415. The summed E-state index contributed by atoms with van der Waals surface area (Å²) in [4.78, 5) is 44.0. The van der Waals surface area contributed by atoms with Gasteiger partial charge in [-0.2, -0.15) is 0 Å². The Morgan fingerprint density at radius 3 is 2.36 bits per heavy atom. The zero-order chi connectivity index (χ0) is 27.9. The lowest BCUT2D eigenvalue weighted by molar-refractivity contribution is 0.183. The van der Waals surface area contributed by atoms with Crippen LogP contribution in [0.3, 0.4) is 0 Å². The number of anilines is 2. The smallest absolute Gasteiger partial charge is 0.331 e. The quantitative estimate of drug-likeness (QED) is 0.411. The van der Waals surface area contributed by atoms with Crippen molar-refractivity contribution in [1.29, 1.82) is 0 Å². The highest BCUT2D eigenvalue weighted by Gasteiger charge is 2.17. The van der Waals surface area contributed by atoms with Gasteiger partial charge in [0.25, 0.3) is 5.56 Å². The molecule has 210 valence electrons. The van der Waals surface area contributed by atoms with Crippen LogP contribution in [-0.4, -0.2) is 72.4 Å². The van der Waals surface area contributed by atoms with Gasteiger partial charge in [0.15, 0.2) is 0 Å². The Morgan fingerprint density at radius 2 is 1.67 bits per heavy atom. The number of urea groups is 1. The zero-order valence-corrected chi connectivity index (χ0v) is 23.4. The SMILES string of the molecule is COCCn1c(=O)c2cc(NC(=O)Nc3cccc(C(C)N(C)C)c3)ccc2n(CCN2CCCCC2)c1=O. The molecule has 3 aromatic rings. The molecule has 1 unspecified atom stereocenters. The van der Waals surface area contributed by atoms with Crippen molar-refractivity contribution >= 4 is 28.3 Å². The molecule has 1 fully saturated rings. The first-order valence-corrected chi connectivity index (χ1v) is 13.6. The molecule has 2 amide bonds. The third-order valence-electron chi connectivity index (χ3n) is 7.49. The Balaban J connectivity index is 1.59. The van der Waals surface area contributed by atoms with E-state index >= 15 is 0 Å². The van der Waals surface area contributed by atoms with E-state index in [9.17, 15) is 14.4 Å². The summed E-state index contributed by atoms with van der Waals surface area (Å²) in [6.07, 6.45) is 3.57. The fourth-order valence-corrected chi connectivity index (χ4v) is 4.99. The summed E-state index contributed by atoms with van der Waals surface area (Å²) in [6, 6.07) is 12.6. The molecule has 4 rings (SSSR count). The number of ether oxygens (including phenoxy) is 1. The normalized spacial score (nSPS) is 15.0. The average molecular weight is 537 g/mol. The van der Waals surface area contributed by atoms with Gasteiger partial charge >= 0.3 is 11.7 Å². The van der Waals surface area contributed by atoms with Crippen LogP contribution in [-0.2, 0) is 17.8 Å². The van der Waals surface area contributed by atoms with Crippen molar-refractivity contribution in [3.63, 3.8) is 0 Å². The Morgan fingerprint density at radius 1 is 0.949 bits per heavy atom. The summed E-state index contributed by atoms with van der Waals surface area (Å²) in [6.45, 7) is 5.78. The molecule has 10 heteroatoms. The number of amides is 2. The molecule has 0 radical (unpaired) electrons.